The summed E-state index contributed by atoms with van der Waals surface area (Å²) >= 11 is 0. The van der Waals surface area contributed by atoms with Crippen molar-refractivity contribution >= 4 is 34.0 Å². The van der Waals surface area contributed by atoms with E-state index in [0.717, 1.165) is 42.1 Å². The fraction of sp³-hybridized carbons (Fsp3) is 0.261. The molecular formula is C23H29Br2N3. The Balaban J connectivity index is 0.00000196. The van der Waals surface area contributed by atoms with Crippen LogP contribution in [0, 0.1) is 6.92 Å². The molecule has 0 spiro atoms. The molecule has 150 valence electrons. The lowest BCUT2D eigenvalue weighted by Gasteiger charge is -2.11. The van der Waals surface area contributed by atoms with Crippen LogP contribution >= 0.6 is 34.0 Å². The maximum Gasteiger partial charge on any atom is 0.0709 e. The average Bonchev–Trinajstić information content (AvgIpc) is 2.66. The number of aromatic nitrogens is 1. The molecule has 0 radical (unpaired) electrons. The van der Waals surface area contributed by atoms with Crippen LogP contribution in [0.15, 0.2) is 66.7 Å². The van der Waals surface area contributed by atoms with Crippen molar-refractivity contribution in [1.29, 1.82) is 0 Å². The first-order valence-corrected chi connectivity index (χ1v) is 9.11. The quantitative estimate of drug-likeness (QED) is 0.427. The Morgan fingerprint density at radius 1 is 0.786 bits per heavy atom. The Kier molecular flexibility index (Phi) is 10.6. The largest absolute Gasteiger partial charge is 0.311 e. The number of halogens is 2. The lowest BCUT2D eigenvalue weighted by molar-refractivity contribution is 0.400. The molecule has 28 heavy (non-hydrogen) atoms. The highest BCUT2D eigenvalue weighted by Crippen LogP contribution is 2.23. The van der Waals surface area contributed by atoms with E-state index in [-0.39, 0.29) is 34.0 Å². The first-order valence-electron chi connectivity index (χ1n) is 9.11. The number of likely N-dealkylation sites (N-methyl/N-ethyl adjacent to an activating group) is 1. The van der Waals surface area contributed by atoms with E-state index in [4.69, 9.17) is 4.98 Å². The number of pyridine rings is 1. The number of hydrogen-bond donors (Lipinski definition) is 1. The molecule has 0 aliphatic carbocycles. The number of rotatable bonds is 7. The lowest BCUT2D eigenvalue weighted by atomic mass is 10.1. The fourth-order valence-electron chi connectivity index (χ4n) is 2.81. The van der Waals surface area contributed by atoms with E-state index in [0.29, 0.717) is 0 Å². The van der Waals surface area contributed by atoms with Crippen molar-refractivity contribution < 1.29 is 0 Å². The molecule has 1 N–H and O–H groups in total. The summed E-state index contributed by atoms with van der Waals surface area (Å²) in [6, 6.07) is 23.4. The molecule has 0 saturated heterocycles. The molecule has 0 aliphatic rings. The standard InChI is InChI=1S/C23H27N3.2BrH/c1-18-7-11-20(12-8-18)22-5-4-6-23(25-22)21-13-9-19(10-14-21)17-24-15-16-26(2)3;;/h4-14,24H,15-17H2,1-3H3;2*1H. The van der Waals surface area contributed by atoms with Crippen LogP contribution in [0.3, 0.4) is 0 Å². The number of nitrogens with zero attached hydrogens (tertiary/aromatic N) is 2. The van der Waals surface area contributed by atoms with Crippen molar-refractivity contribution in [3.63, 3.8) is 0 Å². The monoisotopic (exact) mass is 505 g/mol. The SMILES string of the molecule is Br.Br.Cc1ccc(-c2cccc(-c3ccc(CNCCN(C)C)cc3)n2)cc1. The summed E-state index contributed by atoms with van der Waals surface area (Å²) in [6.45, 7) is 5.04. The molecule has 1 aromatic heterocycles. The first kappa shape index (κ1) is 24.5. The summed E-state index contributed by atoms with van der Waals surface area (Å²) in [6.07, 6.45) is 0. The highest BCUT2D eigenvalue weighted by molar-refractivity contribution is 8.93. The molecule has 0 saturated carbocycles. The Morgan fingerprint density at radius 3 is 1.86 bits per heavy atom. The number of benzene rings is 2. The van der Waals surface area contributed by atoms with E-state index in [2.05, 4.69) is 98.0 Å². The van der Waals surface area contributed by atoms with Gasteiger partial charge in [-0.1, -0.05) is 60.2 Å². The molecule has 1 heterocycles. The van der Waals surface area contributed by atoms with Gasteiger partial charge in [0.2, 0.25) is 0 Å². The number of nitrogens with one attached hydrogen (secondary N) is 1. The van der Waals surface area contributed by atoms with Gasteiger partial charge in [0.1, 0.15) is 0 Å². The van der Waals surface area contributed by atoms with Crippen molar-refractivity contribution in [1.82, 2.24) is 15.2 Å². The zero-order valence-corrected chi connectivity index (χ0v) is 20.1. The van der Waals surface area contributed by atoms with Gasteiger partial charge in [-0.2, -0.15) is 0 Å². The van der Waals surface area contributed by atoms with Gasteiger partial charge in [0.25, 0.3) is 0 Å². The zero-order chi connectivity index (χ0) is 18.4. The second-order valence-electron chi connectivity index (χ2n) is 6.95. The molecule has 0 fully saturated rings. The van der Waals surface area contributed by atoms with Crippen LogP contribution in [0.1, 0.15) is 11.1 Å². The van der Waals surface area contributed by atoms with Gasteiger partial charge in [-0.3, -0.25) is 0 Å². The maximum absolute atomic E-state index is 4.85. The van der Waals surface area contributed by atoms with Crippen LogP contribution in [-0.2, 0) is 6.54 Å². The maximum atomic E-state index is 4.85. The molecule has 3 aromatic rings. The predicted molar refractivity (Wildman–Crippen MR) is 131 cm³/mol. The average molecular weight is 507 g/mol. The van der Waals surface area contributed by atoms with Crippen LogP contribution in [0.2, 0.25) is 0 Å². The van der Waals surface area contributed by atoms with Gasteiger partial charge in [-0.05, 0) is 38.7 Å². The third-order valence-corrected chi connectivity index (χ3v) is 4.41. The van der Waals surface area contributed by atoms with Crippen molar-refractivity contribution in [2.24, 2.45) is 0 Å². The van der Waals surface area contributed by atoms with Gasteiger partial charge in [-0.25, -0.2) is 4.98 Å². The molecule has 2 aromatic carbocycles. The third kappa shape index (κ3) is 7.13. The minimum absolute atomic E-state index is 0. The van der Waals surface area contributed by atoms with Gasteiger partial charge in [-0.15, -0.1) is 34.0 Å². The summed E-state index contributed by atoms with van der Waals surface area (Å²) in [5, 5.41) is 3.47. The number of hydrogen-bond acceptors (Lipinski definition) is 3. The van der Waals surface area contributed by atoms with Crippen molar-refractivity contribution in [2.45, 2.75) is 13.5 Å². The fourth-order valence-corrected chi connectivity index (χ4v) is 2.81. The molecule has 0 atom stereocenters. The molecule has 0 amide bonds. The predicted octanol–water partition coefficient (Wildman–Crippen LogP) is 5.53. The summed E-state index contributed by atoms with van der Waals surface area (Å²) < 4.78 is 0. The molecule has 3 nitrogen and oxygen atoms in total. The molecule has 3 rings (SSSR count). The van der Waals surface area contributed by atoms with Crippen LogP contribution < -0.4 is 5.32 Å². The number of aryl methyl sites for hydroxylation is 1. The Bertz CT molecular complexity index is 831. The van der Waals surface area contributed by atoms with Gasteiger partial charge in [0, 0.05) is 30.8 Å². The van der Waals surface area contributed by atoms with E-state index in [1.165, 1.54) is 11.1 Å². The van der Waals surface area contributed by atoms with Crippen LogP contribution in [0.5, 0.6) is 0 Å². The van der Waals surface area contributed by atoms with E-state index in [1.807, 2.05) is 0 Å². The van der Waals surface area contributed by atoms with Crippen molar-refractivity contribution in [3.8, 4) is 22.5 Å². The summed E-state index contributed by atoms with van der Waals surface area (Å²) in [7, 11) is 4.18. The molecular weight excluding hydrogens is 478 g/mol. The minimum Gasteiger partial charge on any atom is -0.311 e. The summed E-state index contributed by atoms with van der Waals surface area (Å²) in [5.41, 5.74) is 6.88. The first-order chi connectivity index (χ1) is 12.6. The van der Waals surface area contributed by atoms with Crippen LogP contribution in [0.25, 0.3) is 22.5 Å². The van der Waals surface area contributed by atoms with Crippen molar-refractivity contribution in [3.05, 3.63) is 77.9 Å². The normalized spacial score (nSPS) is 10.3. The second-order valence-corrected chi connectivity index (χ2v) is 6.95. The minimum atomic E-state index is 0. The highest BCUT2D eigenvalue weighted by Gasteiger charge is 2.04. The molecule has 0 bridgehead atoms. The van der Waals surface area contributed by atoms with E-state index >= 15 is 0 Å². The summed E-state index contributed by atoms with van der Waals surface area (Å²) in [5.74, 6) is 0. The van der Waals surface area contributed by atoms with Crippen LogP contribution in [0.4, 0.5) is 0 Å². The zero-order valence-electron chi connectivity index (χ0n) is 16.7. The van der Waals surface area contributed by atoms with Gasteiger partial charge < -0.3 is 10.2 Å². The third-order valence-electron chi connectivity index (χ3n) is 4.41. The lowest BCUT2D eigenvalue weighted by Crippen LogP contribution is -2.26. The van der Waals surface area contributed by atoms with Gasteiger partial charge in [0.05, 0.1) is 11.4 Å². The van der Waals surface area contributed by atoms with Crippen molar-refractivity contribution in [2.75, 3.05) is 27.2 Å². The second kappa shape index (κ2) is 12.1. The smallest absolute Gasteiger partial charge is 0.0709 e. The molecule has 5 heteroatoms. The van der Waals surface area contributed by atoms with Gasteiger partial charge in [0.15, 0.2) is 0 Å². The summed E-state index contributed by atoms with van der Waals surface area (Å²) in [4.78, 5) is 7.03. The van der Waals surface area contributed by atoms with E-state index in [1.54, 1.807) is 0 Å². The highest BCUT2D eigenvalue weighted by atomic mass is 79.9. The van der Waals surface area contributed by atoms with E-state index in [9.17, 15) is 0 Å². The topological polar surface area (TPSA) is 28.2 Å². The Labute approximate surface area is 189 Å². The molecule has 0 aliphatic heterocycles. The van der Waals surface area contributed by atoms with Crippen LogP contribution in [-0.4, -0.2) is 37.1 Å². The Morgan fingerprint density at radius 2 is 1.32 bits per heavy atom. The van der Waals surface area contributed by atoms with E-state index < -0.39 is 0 Å². The Hall–Kier alpha value is -1.53. The van der Waals surface area contributed by atoms with Gasteiger partial charge >= 0.3 is 0 Å². The molecule has 0 unspecified atom stereocenters.